The van der Waals surface area contributed by atoms with Crippen LogP contribution in [0.2, 0.25) is 10.0 Å². The van der Waals surface area contributed by atoms with Crippen molar-refractivity contribution < 1.29 is 4.39 Å². The molecule has 0 aliphatic carbocycles. The summed E-state index contributed by atoms with van der Waals surface area (Å²) < 4.78 is 15.1. The van der Waals surface area contributed by atoms with Gasteiger partial charge in [0, 0.05) is 9.61 Å². The van der Waals surface area contributed by atoms with Crippen molar-refractivity contribution in [2.75, 3.05) is 6.54 Å². The van der Waals surface area contributed by atoms with Crippen molar-refractivity contribution >= 4 is 45.8 Å². The Bertz CT molecular complexity index is 634. The number of hydrogen-bond donors (Lipinski definition) is 1. The lowest BCUT2D eigenvalue weighted by atomic mass is 9.98. The molecule has 0 radical (unpaired) electrons. The Morgan fingerprint density at radius 1 is 1.19 bits per heavy atom. The molecule has 1 nitrogen and oxygen atoms in total. The zero-order valence-corrected chi connectivity index (χ0v) is 15.1. The first-order valence-electron chi connectivity index (χ1n) is 6.64. The van der Waals surface area contributed by atoms with Gasteiger partial charge in [-0.2, -0.15) is 0 Å². The van der Waals surface area contributed by atoms with E-state index in [1.54, 1.807) is 18.2 Å². The molecule has 0 aliphatic heterocycles. The highest BCUT2D eigenvalue weighted by Crippen LogP contribution is 2.27. The summed E-state index contributed by atoms with van der Waals surface area (Å²) >= 11 is 14.2. The molecule has 5 heteroatoms. The SMILES string of the molecule is CCNC(Cc1cccc(Cl)c1F)c1ccc(I)c(Cl)c1. The van der Waals surface area contributed by atoms with Gasteiger partial charge in [0.05, 0.1) is 10.0 Å². The Morgan fingerprint density at radius 2 is 1.95 bits per heavy atom. The van der Waals surface area contributed by atoms with Crippen molar-refractivity contribution in [1.29, 1.82) is 0 Å². The summed E-state index contributed by atoms with van der Waals surface area (Å²) in [5, 5.41) is 4.24. The third-order valence-corrected chi connectivity index (χ3v) is 5.12. The molecule has 0 aliphatic rings. The van der Waals surface area contributed by atoms with E-state index in [0.717, 1.165) is 15.7 Å². The lowest BCUT2D eigenvalue weighted by molar-refractivity contribution is 0.528. The summed E-state index contributed by atoms with van der Waals surface area (Å²) in [7, 11) is 0. The van der Waals surface area contributed by atoms with E-state index in [1.165, 1.54) is 0 Å². The fourth-order valence-electron chi connectivity index (χ4n) is 2.21. The minimum Gasteiger partial charge on any atom is -0.310 e. The first-order valence-corrected chi connectivity index (χ1v) is 8.47. The van der Waals surface area contributed by atoms with Crippen LogP contribution in [0.5, 0.6) is 0 Å². The fraction of sp³-hybridized carbons (Fsp3) is 0.250. The second kappa shape index (κ2) is 7.77. The summed E-state index contributed by atoms with van der Waals surface area (Å²) in [6.45, 7) is 2.81. The molecule has 0 bridgehead atoms. The van der Waals surface area contributed by atoms with Crippen LogP contribution < -0.4 is 5.32 Å². The standard InChI is InChI=1S/C16H15Cl2FIN/c1-2-21-15(10-6-7-14(20)13(18)8-10)9-11-4-3-5-12(17)16(11)19/h3-8,15,21H,2,9H2,1H3. The average molecular weight is 438 g/mol. The van der Waals surface area contributed by atoms with Crippen LogP contribution in [-0.2, 0) is 6.42 Å². The van der Waals surface area contributed by atoms with Crippen LogP contribution in [0.15, 0.2) is 36.4 Å². The molecule has 0 fully saturated rings. The molecular formula is C16H15Cl2FIN. The molecule has 2 aromatic rings. The highest BCUT2D eigenvalue weighted by Gasteiger charge is 2.16. The fourth-order valence-corrected chi connectivity index (χ4v) is 2.93. The average Bonchev–Trinajstić information content (AvgIpc) is 2.46. The Morgan fingerprint density at radius 3 is 2.62 bits per heavy atom. The summed E-state index contributed by atoms with van der Waals surface area (Å²) in [5.41, 5.74) is 1.64. The van der Waals surface area contributed by atoms with E-state index in [9.17, 15) is 4.39 Å². The van der Waals surface area contributed by atoms with Crippen molar-refractivity contribution in [3.05, 3.63) is 67.0 Å². The van der Waals surface area contributed by atoms with Gasteiger partial charge in [0.15, 0.2) is 0 Å². The van der Waals surface area contributed by atoms with E-state index < -0.39 is 0 Å². The van der Waals surface area contributed by atoms with Gasteiger partial charge in [-0.05, 0) is 64.9 Å². The molecule has 1 unspecified atom stereocenters. The van der Waals surface area contributed by atoms with E-state index in [1.807, 2.05) is 25.1 Å². The second-order valence-corrected chi connectivity index (χ2v) is 6.68. The maximum absolute atomic E-state index is 14.1. The van der Waals surface area contributed by atoms with Gasteiger partial charge in [-0.15, -0.1) is 0 Å². The predicted octanol–water partition coefficient (Wildman–Crippen LogP) is 5.63. The molecule has 2 aromatic carbocycles. The molecule has 1 atom stereocenters. The van der Waals surface area contributed by atoms with Crippen LogP contribution in [0.25, 0.3) is 0 Å². The summed E-state index contributed by atoms with van der Waals surface area (Å²) in [6.07, 6.45) is 0.525. The van der Waals surface area contributed by atoms with E-state index in [-0.39, 0.29) is 16.9 Å². The third-order valence-electron chi connectivity index (χ3n) is 3.25. The minimum absolute atomic E-state index is 0.00235. The predicted molar refractivity (Wildman–Crippen MR) is 95.7 cm³/mol. The molecule has 112 valence electrons. The Kier molecular flexibility index (Phi) is 6.29. The summed E-state index contributed by atoms with van der Waals surface area (Å²) in [6, 6.07) is 11.0. The quantitative estimate of drug-likeness (QED) is 0.597. The number of benzene rings is 2. The van der Waals surface area contributed by atoms with Crippen LogP contribution >= 0.6 is 45.8 Å². The number of likely N-dealkylation sites (N-methyl/N-ethyl adjacent to an activating group) is 1. The molecule has 1 N–H and O–H groups in total. The van der Waals surface area contributed by atoms with Crippen LogP contribution in [0.1, 0.15) is 24.1 Å². The third kappa shape index (κ3) is 4.31. The molecule has 0 heterocycles. The largest absolute Gasteiger partial charge is 0.310 e. The van der Waals surface area contributed by atoms with Crippen molar-refractivity contribution in [2.45, 2.75) is 19.4 Å². The zero-order chi connectivity index (χ0) is 15.4. The van der Waals surface area contributed by atoms with E-state index in [2.05, 4.69) is 27.9 Å². The van der Waals surface area contributed by atoms with Gasteiger partial charge in [0.1, 0.15) is 5.82 Å². The molecule has 0 spiro atoms. The van der Waals surface area contributed by atoms with Gasteiger partial charge in [0.25, 0.3) is 0 Å². The number of hydrogen-bond acceptors (Lipinski definition) is 1. The van der Waals surface area contributed by atoms with Crippen LogP contribution in [0.4, 0.5) is 4.39 Å². The normalized spacial score (nSPS) is 12.4. The maximum atomic E-state index is 14.1. The van der Waals surface area contributed by atoms with Gasteiger partial charge in [0.2, 0.25) is 0 Å². The Hall–Kier alpha value is -0.360. The van der Waals surface area contributed by atoms with E-state index in [4.69, 9.17) is 23.2 Å². The first-order chi connectivity index (χ1) is 10.0. The lowest BCUT2D eigenvalue weighted by Gasteiger charge is -2.19. The lowest BCUT2D eigenvalue weighted by Crippen LogP contribution is -2.23. The summed E-state index contributed by atoms with van der Waals surface area (Å²) in [4.78, 5) is 0. The highest BCUT2D eigenvalue weighted by molar-refractivity contribution is 14.1. The molecular weight excluding hydrogens is 423 g/mol. The smallest absolute Gasteiger partial charge is 0.145 e. The maximum Gasteiger partial charge on any atom is 0.145 e. The van der Waals surface area contributed by atoms with Gasteiger partial charge >= 0.3 is 0 Å². The van der Waals surface area contributed by atoms with Crippen LogP contribution in [-0.4, -0.2) is 6.54 Å². The number of nitrogens with one attached hydrogen (secondary N) is 1. The van der Waals surface area contributed by atoms with E-state index in [0.29, 0.717) is 17.0 Å². The van der Waals surface area contributed by atoms with Gasteiger partial charge in [-0.1, -0.05) is 48.3 Å². The highest BCUT2D eigenvalue weighted by atomic mass is 127. The molecule has 0 saturated carbocycles. The van der Waals surface area contributed by atoms with Crippen molar-refractivity contribution in [1.82, 2.24) is 5.32 Å². The van der Waals surface area contributed by atoms with Gasteiger partial charge in [-0.3, -0.25) is 0 Å². The zero-order valence-electron chi connectivity index (χ0n) is 11.5. The van der Waals surface area contributed by atoms with Crippen LogP contribution in [0, 0.1) is 9.39 Å². The molecule has 2 rings (SSSR count). The van der Waals surface area contributed by atoms with Gasteiger partial charge in [-0.25, -0.2) is 4.39 Å². The van der Waals surface area contributed by atoms with Crippen molar-refractivity contribution in [3.63, 3.8) is 0 Å². The molecule has 0 amide bonds. The molecule has 21 heavy (non-hydrogen) atoms. The minimum atomic E-state index is -0.348. The van der Waals surface area contributed by atoms with Crippen molar-refractivity contribution in [2.24, 2.45) is 0 Å². The van der Waals surface area contributed by atoms with E-state index >= 15 is 0 Å². The second-order valence-electron chi connectivity index (χ2n) is 4.70. The molecule has 0 aromatic heterocycles. The Balaban J connectivity index is 2.30. The molecule has 0 saturated heterocycles. The van der Waals surface area contributed by atoms with Crippen LogP contribution in [0.3, 0.4) is 0 Å². The number of halogens is 4. The van der Waals surface area contributed by atoms with Gasteiger partial charge < -0.3 is 5.32 Å². The summed E-state index contributed by atoms with van der Waals surface area (Å²) in [5.74, 6) is -0.348. The monoisotopic (exact) mass is 437 g/mol. The first kappa shape index (κ1) is 17.0. The Labute approximate surface area is 148 Å². The van der Waals surface area contributed by atoms with Crippen molar-refractivity contribution in [3.8, 4) is 0 Å². The number of rotatable bonds is 5. The topological polar surface area (TPSA) is 12.0 Å².